The SMILES string of the molecule is Cc1cc([C@@H]2CCCCN2C(=O)Cc2cccs2)nc2nccn12. The van der Waals surface area contributed by atoms with Crippen molar-refractivity contribution in [2.75, 3.05) is 6.54 Å². The number of nitrogens with zero attached hydrogens (tertiary/aromatic N) is 4. The largest absolute Gasteiger partial charge is 0.334 e. The van der Waals surface area contributed by atoms with Crippen LogP contribution in [0.25, 0.3) is 5.78 Å². The Kier molecular flexibility index (Phi) is 4.06. The second-order valence-corrected chi connectivity index (χ2v) is 7.31. The first-order valence-electron chi connectivity index (χ1n) is 8.35. The molecule has 6 heteroatoms. The molecule has 1 amide bonds. The Morgan fingerprint density at radius 1 is 1.42 bits per heavy atom. The molecule has 0 bridgehead atoms. The molecule has 0 unspecified atom stereocenters. The minimum atomic E-state index is 0.0617. The van der Waals surface area contributed by atoms with Gasteiger partial charge in [-0.1, -0.05) is 6.07 Å². The van der Waals surface area contributed by atoms with Gasteiger partial charge in [-0.25, -0.2) is 9.97 Å². The molecule has 0 radical (unpaired) electrons. The second kappa shape index (κ2) is 6.36. The van der Waals surface area contributed by atoms with Crippen molar-refractivity contribution in [2.24, 2.45) is 0 Å². The highest BCUT2D eigenvalue weighted by molar-refractivity contribution is 7.10. The molecule has 0 N–H and O–H groups in total. The average molecular weight is 340 g/mol. The zero-order chi connectivity index (χ0) is 16.5. The standard InChI is InChI=1S/C18H20N4OS/c1-13-11-15(20-18-19-7-9-21(13)18)16-6-2-3-8-22(16)17(23)12-14-5-4-10-24-14/h4-5,7,9-11,16H,2-3,6,8,12H2,1H3/t16-/m0/s1. The van der Waals surface area contributed by atoms with Crippen molar-refractivity contribution in [3.63, 3.8) is 0 Å². The van der Waals surface area contributed by atoms with E-state index in [1.165, 1.54) is 0 Å². The van der Waals surface area contributed by atoms with E-state index in [4.69, 9.17) is 4.98 Å². The third-order valence-electron chi connectivity index (χ3n) is 4.66. The monoisotopic (exact) mass is 340 g/mol. The molecule has 0 spiro atoms. The van der Waals surface area contributed by atoms with Crippen molar-refractivity contribution in [3.8, 4) is 0 Å². The Morgan fingerprint density at radius 3 is 3.17 bits per heavy atom. The van der Waals surface area contributed by atoms with E-state index < -0.39 is 0 Å². The zero-order valence-electron chi connectivity index (χ0n) is 13.7. The molecular formula is C18H20N4OS. The maximum atomic E-state index is 12.8. The number of piperidine rings is 1. The Labute approximate surface area is 145 Å². The fourth-order valence-electron chi connectivity index (χ4n) is 3.46. The Morgan fingerprint density at radius 2 is 2.33 bits per heavy atom. The van der Waals surface area contributed by atoms with Gasteiger partial charge >= 0.3 is 0 Å². The van der Waals surface area contributed by atoms with Gasteiger partial charge in [0, 0.05) is 29.5 Å². The van der Waals surface area contributed by atoms with Crippen LogP contribution in [0.3, 0.4) is 0 Å². The van der Waals surface area contributed by atoms with Gasteiger partial charge in [0.25, 0.3) is 0 Å². The smallest absolute Gasteiger partial charge is 0.234 e. The summed E-state index contributed by atoms with van der Waals surface area (Å²) in [6.45, 7) is 2.87. The van der Waals surface area contributed by atoms with Crippen molar-refractivity contribution < 1.29 is 4.79 Å². The quantitative estimate of drug-likeness (QED) is 0.734. The van der Waals surface area contributed by atoms with E-state index in [-0.39, 0.29) is 11.9 Å². The van der Waals surface area contributed by atoms with Gasteiger partial charge in [0.15, 0.2) is 0 Å². The van der Waals surface area contributed by atoms with Crippen LogP contribution in [0.4, 0.5) is 0 Å². The maximum absolute atomic E-state index is 12.8. The van der Waals surface area contributed by atoms with E-state index >= 15 is 0 Å². The van der Waals surface area contributed by atoms with E-state index in [2.05, 4.69) is 18.0 Å². The van der Waals surface area contributed by atoms with Crippen LogP contribution in [0.1, 0.15) is 41.6 Å². The van der Waals surface area contributed by atoms with Crippen LogP contribution in [0.15, 0.2) is 36.0 Å². The van der Waals surface area contributed by atoms with Crippen LogP contribution >= 0.6 is 11.3 Å². The van der Waals surface area contributed by atoms with Gasteiger partial charge in [0.2, 0.25) is 11.7 Å². The van der Waals surface area contributed by atoms with Crippen molar-refractivity contribution in [1.82, 2.24) is 19.3 Å². The molecule has 0 saturated carbocycles. The number of aromatic nitrogens is 3. The van der Waals surface area contributed by atoms with Gasteiger partial charge in [0.1, 0.15) is 0 Å². The zero-order valence-corrected chi connectivity index (χ0v) is 14.5. The second-order valence-electron chi connectivity index (χ2n) is 6.27. The van der Waals surface area contributed by atoms with Gasteiger partial charge in [0.05, 0.1) is 18.2 Å². The molecule has 4 rings (SSSR count). The number of imidazole rings is 1. The lowest BCUT2D eigenvalue weighted by atomic mass is 9.98. The van der Waals surface area contributed by atoms with E-state index in [9.17, 15) is 4.79 Å². The number of hydrogen-bond donors (Lipinski definition) is 0. The summed E-state index contributed by atoms with van der Waals surface area (Å²) < 4.78 is 1.98. The molecule has 3 aromatic rings. The number of thiophene rings is 1. The minimum Gasteiger partial charge on any atom is -0.334 e. The number of aryl methyl sites for hydroxylation is 1. The fourth-order valence-corrected chi connectivity index (χ4v) is 4.15. The number of carbonyl (C=O) groups is 1. The third kappa shape index (κ3) is 2.82. The topological polar surface area (TPSA) is 50.5 Å². The van der Waals surface area contributed by atoms with Gasteiger partial charge in [-0.2, -0.15) is 0 Å². The molecule has 1 aliphatic rings. The van der Waals surface area contributed by atoms with E-state index in [1.54, 1.807) is 17.5 Å². The Balaban J connectivity index is 1.64. The molecule has 1 saturated heterocycles. The van der Waals surface area contributed by atoms with Gasteiger partial charge < -0.3 is 4.90 Å². The Hall–Kier alpha value is -2.21. The van der Waals surface area contributed by atoms with Gasteiger partial charge in [-0.3, -0.25) is 9.20 Å². The van der Waals surface area contributed by atoms with Crippen molar-refractivity contribution in [1.29, 1.82) is 0 Å². The molecule has 1 fully saturated rings. The van der Waals surface area contributed by atoms with Crippen molar-refractivity contribution in [2.45, 2.75) is 38.6 Å². The van der Waals surface area contributed by atoms with E-state index in [0.29, 0.717) is 12.2 Å². The molecule has 0 aliphatic carbocycles. The molecule has 1 aliphatic heterocycles. The molecule has 0 aromatic carbocycles. The molecule has 124 valence electrons. The summed E-state index contributed by atoms with van der Waals surface area (Å²) in [6.07, 6.45) is 7.34. The number of fused-ring (bicyclic) bond motifs is 1. The van der Waals surface area contributed by atoms with Gasteiger partial charge in [-0.05, 0) is 43.7 Å². The average Bonchev–Trinajstić information content (AvgIpc) is 3.26. The maximum Gasteiger partial charge on any atom is 0.234 e. The highest BCUT2D eigenvalue weighted by atomic mass is 32.1. The lowest BCUT2D eigenvalue weighted by molar-refractivity contribution is -0.134. The van der Waals surface area contributed by atoms with Crippen LogP contribution < -0.4 is 0 Å². The van der Waals surface area contributed by atoms with Crippen LogP contribution in [-0.2, 0) is 11.2 Å². The summed E-state index contributed by atoms with van der Waals surface area (Å²) in [5.41, 5.74) is 2.06. The Bertz CT molecular complexity index is 855. The van der Waals surface area contributed by atoms with Crippen molar-refractivity contribution >= 4 is 23.0 Å². The lowest BCUT2D eigenvalue weighted by Gasteiger charge is -2.35. The molecular weight excluding hydrogens is 320 g/mol. The molecule has 4 heterocycles. The van der Waals surface area contributed by atoms with Gasteiger partial charge in [-0.15, -0.1) is 11.3 Å². The number of hydrogen-bond acceptors (Lipinski definition) is 4. The van der Waals surface area contributed by atoms with Crippen LogP contribution in [0.2, 0.25) is 0 Å². The van der Waals surface area contributed by atoms with Crippen molar-refractivity contribution in [3.05, 3.63) is 52.2 Å². The van der Waals surface area contributed by atoms with E-state index in [0.717, 1.165) is 42.1 Å². The number of amides is 1. The summed E-state index contributed by atoms with van der Waals surface area (Å²) >= 11 is 1.64. The predicted molar refractivity (Wildman–Crippen MR) is 94.1 cm³/mol. The third-order valence-corrected chi connectivity index (χ3v) is 5.53. The summed E-state index contributed by atoms with van der Waals surface area (Å²) in [5.74, 6) is 0.908. The molecule has 3 aromatic heterocycles. The fraction of sp³-hybridized carbons (Fsp3) is 0.389. The normalized spacial score (nSPS) is 18.2. The molecule has 5 nitrogen and oxygen atoms in total. The summed E-state index contributed by atoms with van der Waals surface area (Å²) in [6, 6.07) is 6.18. The first-order chi connectivity index (χ1) is 11.7. The lowest BCUT2D eigenvalue weighted by Crippen LogP contribution is -2.39. The first-order valence-corrected chi connectivity index (χ1v) is 9.23. The predicted octanol–water partition coefficient (Wildman–Crippen LogP) is 3.40. The minimum absolute atomic E-state index is 0.0617. The summed E-state index contributed by atoms with van der Waals surface area (Å²) in [4.78, 5) is 25.0. The number of carbonyl (C=O) groups excluding carboxylic acids is 1. The molecule has 1 atom stereocenters. The van der Waals surface area contributed by atoms with Crippen LogP contribution in [0, 0.1) is 6.92 Å². The van der Waals surface area contributed by atoms with Crippen LogP contribution in [0.5, 0.6) is 0 Å². The highest BCUT2D eigenvalue weighted by Gasteiger charge is 2.29. The number of rotatable bonds is 3. The highest BCUT2D eigenvalue weighted by Crippen LogP contribution is 2.31. The van der Waals surface area contributed by atoms with Crippen LogP contribution in [-0.4, -0.2) is 31.7 Å². The number of likely N-dealkylation sites (tertiary alicyclic amines) is 1. The summed E-state index contributed by atoms with van der Waals surface area (Å²) in [5, 5.41) is 2.02. The molecule has 24 heavy (non-hydrogen) atoms. The van der Waals surface area contributed by atoms with E-state index in [1.807, 2.05) is 33.0 Å². The first kappa shape index (κ1) is 15.3. The summed E-state index contributed by atoms with van der Waals surface area (Å²) in [7, 11) is 0.